The highest BCUT2D eigenvalue weighted by atomic mass is 32.1. The fourth-order valence-corrected chi connectivity index (χ4v) is 2.71. The van der Waals surface area contributed by atoms with Gasteiger partial charge in [-0.05, 0) is 40.8 Å². The maximum Gasteiger partial charge on any atom is 0.336 e. The van der Waals surface area contributed by atoms with Crippen LogP contribution in [-0.2, 0) is 0 Å². The first-order chi connectivity index (χ1) is 7.25. The second-order valence-electron chi connectivity index (χ2n) is 3.56. The van der Waals surface area contributed by atoms with E-state index in [-0.39, 0.29) is 5.63 Å². The monoisotopic (exact) mass is 216 g/mol. The average molecular weight is 216 g/mol. The molecule has 0 spiro atoms. The molecule has 0 saturated heterocycles. The highest BCUT2D eigenvalue weighted by molar-refractivity contribution is 7.09. The number of thiophene rings is 1. The van der Waals surface area contributed by atoms with Crippen molar-refractivity contribution in [2.45, 2.75) is 6.92 Å². The molecule has 3 rings (SSSR count). The lowest BCUT2D eigenvalue weighted by Gasteiger charge is -2.01. The van der Waals surface area contributed by atoms with E-state index in [1.165, 1.54) is 10.8 Å². The summed E-state index contributed by atoms with van der Waals surface area (Å²) in [6.45, 7) is 1.94. The molecule has 74 valence electrons. The highest BCUT2D eigenvalue weighted by Crippen LogP contribution is 2.29. The molecule has 3 heteroatoms. The summed E-state index contributed by atoms with van der Waals surface area (Å²) in [5.74, 6) is 0. The van der Waals surface area contributed by atoms with E-state index < -0.39 is 0 Å². The van der Waals surface area contributed by atoms with Crippen molar-refractivity contribution in [2.75, 3.05) is 0 Å². The summed E-state index contributed by atoms with van der Waals surface area (Å²) >= 11 is 1.66. The molecular weight excluding hydrogens is 208 g/mol. The maximum atomic E-state index is 11.2. The smallest absolute Gasteiger partial charge is 0.336 e. The van der Waals surface area contributed by atoms with Gasteiger partial charge in [0.1, 0.15) is 5.58 Å². The minimum absolute atomic E-state index is 0.283. The molecule has 0 bridgehead atoms. The average Bonchev–Trinajstić information content (AvgIpc) is 2.63. The van der Waals surface area contributed by atoms with Crippen LogP contribution in [0.5, 0.6) is 0 Å². The first-order valence-electron chi connectivity index (χ1n) is 4.65. The fourth-order valence-electron chi connectivity index (χ4n) is 1.90. The van der Waals surface area contributed by atoms with E-state index in [4.69, 9.17) is 4.42 Å². The summed E-state index contributed by atoms with van der Waals surface area (Å²) < 4.78 is 5.17. The minimum Gasteiger partial charge on any atom is -0.423 e. The Hall–Kier alpha value is -1.61. The van der Waals surface area contributed by atoms with E-state index in [2.05, 4.69) is 10.8 Å². The second-order valence-corrected chi connectivity index (χ2v) is 4.31. The Labute approximate surface area is 89.8 Å². The number of hydrogen-bond acceptors (Lipinski definition) is 3. The van der Waals surface area contributed by atoms with Gasteiger partial charge in [0.2, 0.25) is 0 Å². The lowest BCUT2D eigenvalue weighted by molar-refractivity contribution is 0.560. The molecule has 2 heterocycles. The molecule has 2 nitrogen and oxygen atoms in total. The van der Waals surface area contributed by atoms with Gasteiger partial charge in [-0.1, -0.05) is 0 Å². The summed E-state index contributed by atoms with van der Waals surface area (Å²) in [4.78, 5) is 11.2. The van der Waals surface area contributed by atoms with Crippen LogP contribution in [0.4, 0.5) is 0 Å². The van der Waals surface area contributed by atoms with E-state index in [0.717, 1.165) is 10.9 Å². The third kappa shape index (κ3) is 1.20. The SMILES string of the molecule is Cc1cc(=O)oc2ccc3cscc3c12. The van der Waals surface area contributed by atoms with Crippen molar-refractivity contribution >= 4 is 33.1 Å². The number of rotatable bonds is 0. The highest BCUT2D eigenvalue weighted by Gasteiger charge is 2.06. The molecule has 0 radical (unpaired) electrons. The standard InChI is InChI=1S/C12H8O2S/c1-7-4-11(13)14-10-3-2-8-5-15-6-9(8)12(7)10/h2-6H,1H3. The van der Waals surface area contributed by atoms with Crippen LogP contribution in [0.25, 0.3) is 21.7 Å². The van der Waals surface area contributed by atoms with Crippen LogP contribution in [0.3, 0.4) is 0 Å². The van der Waals surface area contributed by atoms with Gasteiger partial charge >= 0.3 is 5.63 Å². The molecule has 3 aromatic rings. The fraction of sp³-hybridized carbons (Fsp3) is 0.0833. The number of benzene rings is 1. The van der Waals surface area contributed by atoms with Crippen LogP contribution in [0.2, 0.25) is 0 Å². The third-order valence-electron chi connectivity index (χ3n) is 2.56. The van der Waals surface area contributed by atoms with Crippen LogP contribution in [0, 0.1) is 6.92 Å². The lowest BCUT2D eigenvalue weighted by atomic mass is 10.1. The van der Waals surface area contributed by atoms with E-state index in [1.54, 1.807) is 17.4 Å². The Morgan fingerprint density at radius 3 is 3.00 bits per heavy atom. The van der Waals surface area contributed by atoms with Crippen molar-refractivity contribution in [2.24, 2.45) is 0 Å². The molecule has 1 aromatic carbocycles. The molecule has 0 unspecified atom stereocenters. The van der Waals surface area contributed by atoms with Gasteiger partial charge in [-0.3, -0.25) is 0 Å². The Morgan fingerprint density at radius 1 is 1.27 bits per heavy atom. The van der Waals surface area contributed by atoms with Gasteiger partial charge in [0.05, 0.1) is 0 Å². The predicted molar refractivity (Wildman–Crippen MR) is 62.6 cm³/mol. The van der Waals surface area contributed by atoms with E-state index in [9.17, 15) is 4.79 Å². The van der Waals surface area contributed by atoms with E-state index >= 15 is 0 Å². The second kappa shape index (κ2) is 2.94. The predicted octanol–water partition coefficient (Wildman–Crippen LogP) is 3.32. The van der Waals surface area contributed by atoms with Crippen molar-refractivity contribution in [1.82, 2.24) is 0 Å². The summed E-state index contributed by atoms with van der Waals surface area (Å²) in [6, 6.07) is 5.38. The molecular formula is C12H8O2S. The number of fused-ring (bicyclic) bond motifs is 3. The Morgan fingerprint density at radius 2 is 2.13 bits per heavy atom. The molecule has 0 atom stereocenters. The zero-order valence-electron chi connectivity index (χ0n) is 8.11. The van der Waals surface area contributed by atoms with Crippen LogP contribution >= 0.6 is 11.3 Å². The topological polar surface area (TPSA) is 30.2 Å². The number of hydrogen-bond donors (Lipinski definition) is 0. The summed E-state index contributed by atoms with van der Waals surface area (Å²) in [6.07, 6.45) is 0. The molecule has 0 saturated carbocycles. The molecule has 15 heavy (non-hydrogen) atoms. The Balaban J connectivity index is 2.68. The van der Waals surface area contributed by atoms with E-state index in [0.29, 0.717) is 5.58 Å². The van der Waals surface area contributed by atoms with Crippen molar-refractivity contribution in [3.05, 3.63) is 44.9 Å². The quantitative estimate of drug-likeness (QED) is 0.539. The van der Waals surface area contributed by atoms with Crippen LogP contribution in [0.1, 0.15) is 5.56 Å². The van der Waals surface area contributed by atoms with Gasteiger partial charge < -0.3 is 4.42 Å². The molecule has 0 amide bonds. The first kappa shape index (κ1) is 8.68. The third-order valence-corrected chi connectivity index (χ3v) is 3.32. The first-order valence-corrected chi connectivity index (χ1v) is 5.59. The van der Waals surface area contributed by atoms with Gasteiger partial charge in [0.25, 0.3) is 0 Å². The van der Waals surface area contributed by atoms with Gasteiger partial charge in [0.15, 0.2) is 0 Å². The molecule has 2 aromatic heterocycles. The van der Waals surface area contributed by atoms with Crippen molar-refractivity contribution in [3.8, 4) is 0 Å². The summed E-state index contributed by atoms with van der Waals surface area (Å²) in [5, 5.41) is 7.60. The van der Waals surface area contributed by atoms with Gasteiger partial charge in [-0.15, -0.1) is 0 Å². The van der Waals surface area contributed by atoms with Gasteiger partial charge in [-0.25, -0.2) is 4.79 Å². The zero-order valence-corrected chi connectivity index (χ0v) is 8.93. The maximum absolute atomic E-state index is 11.2. The molecule has 0 fully saturated rings. The van der Waals surface area contributed by atoms with Gasteiger partial charge in [0, 0.05) is 16.8 Å². The Bertz CT molecular complexity index is 706. The van der Waals surface area contributed by atoms with Crippen LogP contribution in [-0.4, -0.2) is 0 Å². The number of aryl methyl sites for hydroxylation is 1. The normalized spacial score (nSPS) is 11.3. The van der Waals surface area contributed by atoms with E-state index in [1.807, 2.05) is 19.1 Å². The zero-order chi connectivity index (χ0) is 10.4. The van der Waals surface area contributed by atoms with Crippen molar-refractivity contribution < 1.29 is 4.42 Å². The van der Waals surface area contributed by atoms with Crippen LogP contribution in [0.15, 0.2) is 38.2 Å². The molecule has 0 aliphatic heterocycles. The molecule has 0 aliphatic carbocycles. The van der Waals surface area contributed by atoms with Gasteiger partial charge in [-0.2, -0.15) is 11.3 Å². The van der Waals surface area contributed by atoms with Crippen molar-refractivity contribution in [1.29, 1.82) is 0 Å². The minimum atomic E-state index is -0.283. The summed E-state index contributed by atoms with van der Waals surface area (Å²) in [7, 11) is 0. The Kier molecular flexibility index (Phi) is 1.70. The van der Waals surface area contributed by atoms with Crippen molar-refractivity contribution in [3.63, 3.8) is 0 Å². The van der Waals surface area contributed by atoms with Crippen LogP contribution < -0.4 is 5.63 Å². The summed E-state index contributed by atoms with van der Waals surface area (Å²) in [5.41, 5.74) is 1.37. The molecule has 0 N–H and O–H groups in total. The molecule has 0 aliphatic rings. The lowest BCUT2D eigenvalue weighted by Crippen LogP contribution is -1.97. The largest absolute Gasteiger partial charge is 0.423 e.